The van der Waals surface area contributed by atoms with Crippen LogP contribution in [0.2, 0.25) is 0 Å². The summed E-state index contributed by atoms with van der Waals surface area (Å²) in [6.07, 6.45) is 0. The van der Waals surface area contributed by atoms with Gasteiger partial charge in [0.2, 0.25) is 0 Å². The van der Waals surface area contributed by atoms with Gasteiger partial charge in [0.1, 0.15) is 18.1 Å². The van der Waals surface area contributed by atoms with Gasteiger partial charge in [-0.1, -0.05) is 13.8 Å². The molecule has 0 saturated heterocycles. The molecule has 4 nitrogen and oxygen atoms in total. The summed E-state index contributed by atoms with van der Waals surface area (Å²) in [6.45, 7) is 4.80. The van der Waals surface area contributed by atoms with Gasteiger partial charge >= 0.3 is 0 Å². The Morgan fingerprint density at radius 2 is 2.24 bits per heavy atom. The highest BCUT2D eigenvalue weighted by molar-refractivity contribution is 5.44. The molecule has 1 heterocycles. The van der Waals surface area contributed by atoms with E-state index in [1.54, 1.807) is 12.1 Å². The number of ether oxygens (including phenoxy) is 1. The number of aromatic hydroxyl groups is 1. The summed E-state index contributed by atoms with van der Waals surface area (Å²) in [6, 6.07) is 5.30. The molecule has 0 saturated carbocycles. The van der Waals surface area contributed by atoms with Crippen LogP contribution >= 0.6 is 0 Å². The Bertz CT molecular complexity index is 392. The van der Waals surface area contributed by atoms with Crippen LogP contribution in [0.25, 0.3) is 0 Å². The smallest absolute Gasteiger partial charge is 0.127 e. The van der Waals surface area contributed by atoms with E-state index in [0.717, 1.165) is 11.3 Å². The van der Waals surface area contributed by atoms with E-state index >= 15 is 0 Å². The Hall–Kier alpha value is -1.26. The lowest BCUT2D eigenvalue weighted by atomic mass is 10.0. The van der Waals surface area contributed by atoms with Crippen LogP contribution < -0.4 is 10.1 Å². The topological polar surface area (TPSA) is 61.7 Å². The first-order chi connectivity index (χ1) is 8.11. The molecule has 0 fully saturated rings. The van der Waals surface area contributed by atoms with E-state index in [-0.39, 0.29) is 24.4 Å². The number of aliphatic hydroxyl groups excluding tert-OH is 1. The molecule has 1 aromatic carbocycles. The predicted octanol–water partition coefficient (Wildman–Crippen LogP) is 1.43. The normalized spacial score (nSPS) is 20.1. The Morgan fingerprint density at radius 3 is 2.88 bits per heavy atom. The first-order valence-corrected chi connectivity index (χ1v) is 5.94. The summed E-state index contributed by atoms with van der Waals surface area (Å²) in [5.74, 6) is 1.30. The largest absolute Gasteiger partial charge is 0.508 e. The van der Waals surface area contributed by atoms with Crippen molar-refractivity contribution in [3.63, 3.8) is 0 Å². The second kappa shape index (κ2) is 4.94. The van der Waals surface area contributed by atoms with Crippen molar-refractivity contribution in [1.82, 2.24) is 5.32 Å². The standard InChI is InChI=1S/C13H19NO3/c1-8(2)11(6-15)14-12-7-17-13-5-9(16)3-4-10(12)13/h3-5,8,11-12,14-16H,6-7H2,1-2H3. The SMILES string of the molecule is CC(C)C(CO)NC1COc2cc(O)ccc21. The maximum absolute atomic E-state index is 9.36. The molecule has 0 bridgehead atoms. The first kappa shape index (κ1) is 12.2. The van der Waals surface area contributed by atoms with E-state index in [1.807, 2.05) is 6.07 Å². The number of phenols is 1. The summed E-state index contributed by atoms with van der Waals surface area (Å²) in [4.78, 5) is 0. The van der Waals surface area contributed by atoms with Crippen molar-refractivity contribution in [3.8, 4) is 11.5 Å². The molecule has 2 rings (SSSR count). The van der Waals surface area contributed by atoms with Gasteiger partial charge in [-0.3, -0.25) is 0 Å². The monoisotopic (exact) mass is 237 g/mol. The maximum atomic E-state index is 9.36. The zero-order chi connectivity index (χ0) is 12.4. The minimum absolute atomic E-state index is 0.0587. The number of nitrogens with one attached hydrogen (secondary N) is 1. The summed E-state index contributed by atoms with van der Waals surface area (Å²) >= 11 is 0. The lowest BCUT2D eigenvalue weighted by Crippen LogP contribution is -2.40. The van der Waals surface area contributed by atoms with Crippen molar-refractivity contribution in [2.75, 3.05) is 13.2 Å². The average Bonchev–Trinajstić information content (AvgIpc) is 2.67. The molecule has 4 heteroatoms. The molecule has 0 aliphatic carbocycles. The minimum atomic E-state index is 0.0587. The predicted molar refractivity (Wildman–Crippen MR) is 65.2 cm³/mol. The zero-order valence-electron chi connectivity index (χ0n) is 10.2. The highest BCUT2D eigenvalue weighted by Crippen LogP contribution is 2.35. The molecule has 1 aromatic rings. The van der Waals surface area contributed by atoms with Gasteiger partial charge in [0, 0.05) is 17.7 Å². The maximum Gasteiger partial charge on any atom is 0.127 e. The van der Waals surface area contributed by atoms with E-state index in [2.05, 4.69) is 19.2 Å². The molecule has 0 aromatic heterocycles. The molecular formula is C13H19NO3. The number of aliphatic hydroxyl groups is 1. The number of benzene rings is 1. The van der Waals surface area contributed by atoms with Crippen LogP contribution in [-0.4, -0.2) is 29.5 Å². The third-order valence-corrected chi connectivity index (χ3v) is 3.19. The molecule has 0 spiro atoms. The van der Waals surface area contributed by atoms with Crippen LogP contribution in [0.3, 0.4) is 0 Å². The quantitative estimate of drug-likeness (QED) is 0.741. The Kier molecular flexibility index (Phi) is 3.54. The average molecular weight is 237 g/mol. The molecule has 2 atom stereocenters. The third kappa shape index (κ3) is 2.53. The van der Waals surface area contributed by atoms with Gasteiger partial charge < -0.3 is 20.3 Å². The first-order valence-electron chi connectivity index (χ1n) is 5.94. The summed E-state index contributed by atoms with van der Waals surface area (Å²) in [5.41, 5.74) is 1.04. The molecule has 17 heavy (non-hydrogen) atoms. The molecule has 1 aliphatic rings. The van der Waals surface area contributed by atoms with Crippen LogP contribution in [0.1, 0.15) is 25.5 Å². The molecule has 1 aliphatic heterocycles. The van der Waals surface area contributed by atoms with Crippen LogP contribution in [0, 0.1) is 5.92 Å². The van der Waals surface area contributed by atoms with Gasteiger partial charge in [0.15, 0.2) is 0 Å². The second-order valence-electron chi connectivity index (χ2n) is 4.79. The van der Waals surface area contributed by atoms with E-state index in [0.29, 0.717) is 12.5 Å². The van der Waals surface area contributed by atoms with Gasteiger partial charge in [0.05, 0.1) is 12.6 Å². The Labute approximate surface area is 101 Å². The number of phenolic OH excluding ortho intramolecular Hbond substituents is 1. The van der Waals surface area contributed by atoms with Crippen LogP contribution in [0.15, 0.2) is 18.2 Å². The molecule has 2 unspecified atom stereocenters. The van der Waals surface area contributed by atoms with E-state index in [4.69, 9.17) is 4.74 Å². The Balaban J connectivity index is 2.11. The van der Waals surface area contributed by atoms with Crippen molar-refractivity contribution in [2.24, 2.45) is 5.92 Å². The van der Waals surface area contributed by atoms with Crippen molar-refractivity contribution in [2.45, 2.75) is 25.9 Å². The van der Waals surface area contributed by atoms with E-state index < -0.39 is 0 Å². The van der Waals surface area contributed by atoms with Gasteiger partial charge in [-0.05, 0) is 18.1 Å². The van der Waals surface area contributed by atoms with Crippen LogP contribution in [-0.2, 0) is 0 Å². The van der Waals surface area contributed by atoms with E-state index in [1.165, 1.54) is 0 Å². The summed E-state index contributed by atoms with van der Waals surface area (Å²) < 4.78 is 5.51. The zero-order valence-corrected chi connectivity index (χ0v) is 10.2. The minimum Gasteiger partial charge on any atom is -0.508 e. The van der Waals surface area contributed by atoms with Crippen LogP contribution in [0.5, 0.6) is 11.5 Å². The van der Waals surface area contributed by atoms with Crippen molar-refractivity contribution >= 4 is 0 Å². The van der Waals surface area contributed by atoms with Gasteiger partial charge in [-0.15, -0.1) is 0 Å². The highest BCUT2D eigenvalue weighted by Gasteiger charge is 2.27. The highest BCUT2D eigenvalue weighted by atomic mass is 16.5. The lowest BCUT2D eigenvalue weighted by Gasteiger charge is -2.23. The molecule has 94 valence electrons. The van der Waals surface area contributed by atoms with E-state index in [9.17, 15) is 10.2 Å². The number of rotatable bonds is 4. The molecule has 3 N–H and O–H groups in total. The van der Waals surface area contributed by atoms with Gasteiger partial charge in [-0.25, -0.2) is 0 Å². The van der Waals surface area contributed by atoms with Crippen LogP contribution in [0.4, 0.5) is 0 Å². The molecule has 0 radical (unpaired) electrons. The summed E-state index contributed by atoms with van der Waals surface area (Å²) in [5, 5.41) is 22.0. The number of hydrogen-bond donors (Lipinski definition) is 3. The molecule has 0 amide bonds. The van der Waals surface area contributed by atoms with Crippen molar-refractivity contribution < 1.29 is 14.9 Å². The van der Waals surface area contributed by atoms with Crippen molar-refractivity contribution in [3.05, 3.63) is 23.8 Å². The Morgan fingerprint density at radius 1 is 1.47 bits per heavy atom. The fourth-order valence-corrected chi connectivity index (χ4v) is 2.05. The summed E-state index contributed by atoms with van der Waals surface area (Å²) in [7, 11) is 0. The third-order valence-electron chi connectivity index (χ3n) is 3.19. The second-order valence-corrected chi connectivity index (χ2v) is 4.79. The molecular weight excluding hydrogens is 218 g/mol. The number of fused-ring (bicyclic) bond motifs is 1. The fraction of sp³-hybridized carbons (Fsp3) is 0.538. The lowest BCUT2D eigenvalue weighted by molar-refractivity contribution is 0.189. The number of hydrogen-bond acceptors (Lipinski definition) is 4. The van der Waals surface area contributed by atoms with Gasteiger partial charge in [0.25, 0.3) is 0 Å². The van der Waals surface area contributed by atoms with Crippen molar-refractivity contribution in [1.29, 1.82) is 0 Å². The van der Waals surface area contributed by atoms with Gasteiger partial charge in [-0.2, -0.15) is 0 Å². The fourth-order valence-electron chi connectivity index (χ4n) is 2.05.